The number of piperidine rings is 1. The summed E-state index contributed by atoms with van der Waals surface area (Å²) in [4.78, 5) is 2.29. The molecular weight excluding hydrogens is 186 g/mol. The van der Waals surface area contributed by atoms with Crippen LogP contribution in [0.15, 0.2) is 0 Å². The van der Waals surface area contributed by atoms with Crippen LogP contribution in [0.5, 0.6) is 0 Å². The molecule has 1 fully saturated rings. The molecule has 0 aromatic rings. The number of hydrogen-bond donors (Lipinski definition) is 1. The van der Waals surface area contributed by atoms with Gasteiger partial charge in [0.2, 0.25) is 0 Å². The second-order valence-electron chi connectivity index (χ2n) is 4.49. The van der Waals surface area contributed by atoms with E-state index in [9.17, 15) is 0 Å². The summed E-state index contributed by atoms with van der Waals surface area (Å²) < 4.78 is 0. The summed E-state index contributed by atoms with van der Waals surface area (Å²) in [7, 11) is 0. The molecule has 3 nitrogen and oxygen atoms in total. The van der Waals surface area contributed by atoms with E-state index < -0.39 is 0 Å². The van der Waals surface area contributed by atoms with Gasteiger partial charge >= 0.3 is 0 Å². The van der Waals surface area contributed by atoms with Gasteiger partial charge in [0.05, 0.1) is 12.1 Å². The Morgan fingerprint density at radius 3 is 2.67 bits per heavy atom. The van der Waals surface area contributed by atoms with Gasteiger partial charge in [0, 0.05) is 0 Å². The zero-order chi connectivity index (χ0) is 11.1. The molecule has 1 aliphatic heterocycles. The lowest BCUT2D eigenvalue weighted by molar-refractivity contribution is 0.164. The van der Waals surface area contributed by atoms with Crippen molar-refractivity contribution >= 4 is 0 Å². The quantitative estimate of drug-likeness (QED) is 0.699. The molecule has 3 heteroatoms. The summed E-state index contributed by atoms with van der Waals surface area (Å²) in [6.07, 6.45) is 3.69. The van der Waals surface area contributed by atoms with Gasteiger partial charge in [-0.3, -0.25) is 4.90 Å². The van der Waals surface area contributed by atoms with Crippen LogP contribution in [0.4, 0.5) is 0 Å². The summed E-state index contributed by atoms with van der Waals surface area (Å²) in [5.41, 5.74) is 0. The van der Waals surface area contributed by atoms with E-state index in [2.05, 4.69) is 23.2 Å². The van der Waals surface area contributed by atoms with Crippen LogP contribution in [0, 0.1) is 17.2 Å². The highest BCUT2D eigenvalue weighted by molar-refractivity contribution is 4.90. The Morgan fingerprint density at radius 2 is 2.13 bits per heavy atom. The van der Waals surface area contributed by atoms with E-state index in [0.717, 1.165) is 32.1 Å². The fourth-order valence-electron chi connectivity index (χ4n) is 2.11. The first-order chi connectivity index (χ1) is 7.27. The van der Waals surface area contributed by atoms with Gasteiger partial charge in [-0.15, -0.1) is 0 Å². The Morgan fingerprint density at radius 1 is 1.47 bits per heavy atom. The van der Waals surface area contributed by atoms with Crippen molar-refractivity contribution in [2.24, 2.45) is 5.92 Å². The van der Waals surface area contributed by atoms with E-state index in [-0.39, 0.29) is 6.04 Å². The molecule has 1 rings (SSSR count). The average Bonchev–Trinajstić information content (AvgIpc) is 2.29. The van der Waals surface area contributed by atoms with Gasteiger partial charge in [-0.05, 0) is 58.3 Å². The minimum Gasteiger partial charge on any atom is -0.316 e. The first kappa shape index (κ1) is 12.5. The van der Waals surface area contributed by atoms with Crippen molar-refractivity contribution in [2.45, 2.75) is 39.2 Å². The smallest absolute Gasteiger partial charge is 0.0949 e. The number of nitrogens with zero attached hydrogens (tertiary/aromatic N) is 2. The summed E-state index contributed by atoms with van der Waals surface area (Å²) in [6.45, 7) is 8.66. The lowest BCUT2D eigenvalue weighted by Crippen LogP contribution is -2.41. The predicted molar refractivity (Wildman–Crippen MR) is 62.5 cm³/mol. The molecule has 1 saturated heterocycles. The third-order valence-electron chi connectivity index (χ3n) is 3.24. The highest BCUT2D eigenvalue weighted by atomic mass is 15.2. The number of hydrogen-bond acceptors (Lipinski definition) is 3. The zero-order valence-corrected chi connectivity index (χ0v) is 10.00. The zero-order valence-electron chi connectivity index (χ0n) is 10.00. The third kappa shape index (κ3) is 4.19. The molecule has 15 heavy (non-hydrogen) atoms. The highest BCUT2D eigenvalue weighted by Gasteiger charge is 2.21. The van der Waals surface area contributed by atoms with Crippen LogP contribution < -0.4 is 5.32 Å². The van der Waals surface area contributed by atoms with E-state index >= 15 is 0 Å². The van der Waals surface area contributed by atoms with E-state index in [1.807, 2.05) is 6.92 Å². The predicted octanol–water partition coefficient (Wildman–Crippen LogP) is 1.61. The van der Waals surface area contributed by atoms with Crippen LogP contribution in [-0.2, 0) is 0 Å². The molecule has 0 spiro atoms. The fraction of sp³-hybridized carbons (Fsp3) is 0.917. The van der Waals surface area contributed by atoms with E-state index in [0.29, 0.717) is 0 Å². The van der Waals surface area contributed by atoms with Crippen molar-refractivity contribution in [1.82, 2.24) is 10.2 Å². The van der Waals surface area contributed by atoms with Crippen molar-refractivity contribution in [3.05, 3.63) is 0 Å². The molecular formula is C12H23N3. The molecule has 1 heterocycles. The Bertz CT molecular complexity index is 201. The molecule has 0 aromatic heterocycles. The van der Waals surface area contributed by atoms with Gasteiger partial charge in [-0.25, -0.2) is 0 Å². The second kappa shape index (κ2) is 6.81. The number of nitriles is 1. The molecule has 1 N–H and O–H groups in total. The molecule has 0 amide bonds. The highest BCUT2D eigenvalue weighted by Crippen LogP contribution is 2.17. The van der Waals surface area contributed by atoms with Gasteiger partial charge in [-0.1, -0.05) is 6.92 Å². The summed E-state index contributed by atoms with van der Waals surface area (Å²) in [5.74, 6) is 0.818. The van der Waals surface area contributed by atoms with Crippen molar-refractivity contribution < 1.29 is 0 Å². The fourth-order valence-corrected chi connectivity index (χ4v) is 2.11. The minimum atomic E-state index is 0.0922. The Balaban J connectivity index is 2.16. The normalized spacial score (nSPS) is 21.1. The van der Waals surface area contributed by atoms with Crippen LogP contribution in [-0.4, -0.2) is 37.1 Å². The van der Waals surface area contributed by atoms with Crippen LogP contribution in [0.25, 0.3) is 0 Å². The molecule has 0 aromatic carbocycles. The molecule has 0 radical (unpaired) electrons. The molecule has 86 valence electrons. The lowest BCUT2D eigenvalue weighted by Gasteiger charge is -2.33. The lowest BCUT2D eigenvalue weighted by atomic mass is 9.96. The third-order valence-corrected chi connectivity index (χ3v) is 3.24. The first-order valence-corrected chi connectivity index (χ1v) is 6.12. The largest absolute Gasteiger partial charge is 0.316 e. The molecule has 0 aliphatic carbocycles. The SMILES string of the molecule is CCCNCC1CCN(C(C)C#N)CC1. The van der Waals surface area contributed by atoms with Gasteiger partial charge < -0.3 is 5.32 Å². The monoisotopic (exact) mass is 209 g/mol. The standard InChI is InChI=1S/C12H23N3/c1-3-6-14-10-12-4-7-15(8-5-12)11(2)9-13/h11-12,14H,3-8,10H2,1-2H3. The van der Waals surface area contributed by atoms with Crippen LogP contribution in [0.1, 0.15) is 33.1 Å². The Kier molecular flexibility index (Phi) is 5.67. The van der Waals surface area contributed by atoms with Crippen LogP contribution in [0.3, 0.4) is 0 Å². The maximum Gasteiger partial charge on any atom is 0.0949 e. The van der Waals surface area contributed by atoms with Crippen molar-refractivity contribution in [3.63, 3.8) is 0 Å². The van der Waals surface area contributed by atoms with Crippen molar-refractivity contribution in [1.29, 1.82) is 5.26 Å². The second-order valence-corrected chi connectivity index (χ2v) is 4.49. The van der Waals surface area contributed by atoms with Gasteiger partial charge in [0.15, 0.2) is 0 Å². The molecule has 1 atom stereocenters. The van der Waals surface area contributed by atoms with Crippen LogP contribution in [0.2, 0.25) is 0 Å². The van der Waals surface area contributed by atoms with Crippen molar-refractivity contribution in [2.75, 3.05) is 26.2 Å². The number of likely N-dealkylation sites (tertiary alicyclic amines) is 1. The van der Waals surface area contributed by atoms with Crippen LogP contribution >= 0.6 is 0 Å². The average molecular weight is 209 g/mol. The summed E-state index contributed by atoms with van der Waals surface area (Å²) in [5, 5.41) is 12.3. The molecule has 1 aliphatic rings. The summed E-state index contributed by atoms with van der Waals surface area (Å²) >= 11 is 0. The van der Waals surface area contributed by atoms with Gasteiger partial charge in [0.25, 0.3) is 0 Å². The molecule has 1 unspecified atom stereocenters. The van der Waals surface area contributed by atoms with E-state index in [1.54, 1.807) is 0 Å². The maximum atomic E-state index is 8.82. The van der Waals surface area contributed by atoms with Crippen molar-refractivity contribution in [3.8, 4) is 6.07 Å². The topological polar surface area (TPSA) is 39.1 Å². The number of rotatable bonds is 5. The van der Waals surface area contributed by atoms with E-state index in [1.165, 1.54) is 19.3 Å². The Hall–Kier alpha value is -0.590. The Labute approximate surface area is 93.5 Å². The number of nitrogens with one attached hydrogen (secondary N) is 1. The van der Waals surface area contributed by atoms with Gasteiger partial charge in [0.1, 0.15) is 0 Å². The molecule has 0 saturated carbocycles. The summed E-state index contributed by atoms with van der Waals surface area (Å²) in [6, 6.07) is 2.40. The minimum absolute atomic E-state index is 0.0922. The van der Waals surface area contributed by atoms with E-state index in [4.69, 9.17) is 5.26 Å². The first-order valence-electron chi connectivity index (χ1n) is 6.12. The maximum absolute atomic E-state index is 8.82. The molecule has 0 bridgehead atoms. The van der Waals surface area contributed by atoms with Gasteiger partial charge in [-0.2, -0.15) is 5.26 Å².